The molecule has 1 aromatic rings. The lowest BCUT2D eigenvalue weighted by Crippen LogP contribution is -2.29. The quantitative estimate of drug-likeness (QED) is 0.888. The number of carbonyl (C=O) groups is 1. The van der Waals surface area contributed by atoms with E-state index < -0.39 is 0 Å². The molecule has 1 aliphatic rings. The van der Waals surface area contributed by atoms with Crippen molar-refractivity contribution in [3.63, 3.8) is 0 Å². The predicted molar refractivity (Wildman–Crippen MR) is 69.2 cm³/mol. The van der Waals surface area contributed by atoms with Crippen molar-refractivity contribution in [3.05, 3.63) is 41.4 Å². The van der Waals surface area contributed by atoms with Crippen molar-refractivity contribution in [2.45, 2.75) is 25.3 Å². The molecule has 2 rings (SSSR count). The summed E-state index contributed by atoms with van der Waals surface area (Å²) in [6.07, 6.45) is 3.53. The first-order valence-corrected chi connectivity index (χ1v) is 6.14. The molecule has 0 fully saturated rings. The fraction of sp³-hybridized carbons (Fsp3) is 0.429. The highest BCUT2D eigenvalue weighted by Crippen LogP contribution is 2.32. The molecule has 0 saturated heterocycles. The highest BCUT2D eigenvalue weighted by molar-refractivity contribution is 5.97. The average molecular weight is 246 g/mol. The molecule has 0 bridgehead atoms. The average Bonchev–Trinajstić information content (AvgIpc) is 2.34. The molecule has 0 saturated carbocycles. The van der Waals surface area contributed by atoms with Crippen molar-refractivity contribution in [2.24, 2.45) is 0 Å². The summed E-state index contributed by atoms with van der Waals surface area (Å²) in [6, 6.07) is 5.35. The lowest BCUT2D eigenvalue weighted by molar-refractivity contribution is -0.117. The molecule has 0 aliphatic heterocycles. The van der Waals surface area contributed by atoms with Crippen LogP contribution in [0.1, 0.15) is 31.0 Å². The van der Waals surface area contributed by atoms with Crippen LogP contribution in [-0.4, -0.2) is 34.9 Å². The van der Waals surface area contributed by atoms with Gasteiger partial charge in [-0.2, -0.15) is 0 Å². The van der Waals surface area contributed by atoms with Crippen molar-refractivity contribution < 1.29 is 9.90 Å². The molecule has 96 valence electrons. The molecule has 4 nitrogen and oxygen atoms in total. The lowest BCUT2D eigenvalue weighted by atomic mass is 9.89. The van der Waals surface area contributed by atoms with E-state index in [2.05, 4.69) is 4.98 Å². The van der Waals surface area contributed by atoms with Gasteiger partial charge < -0.3 is 5.11 Å². The zero-order valence-electron chi connectivity index (χ0n) is 10.8. The fourth-order valence-corrected chi connectivity index (χ4v) is 2.37. The van der Waals surface area contributed by atoms with Crippen LogP contribution in [0.5, 0.6) is 0 Å². The van der Waals surface area contributed by atoms with Gasteiger partial charge in [-0.25, -0.2) is 0 Å². The molecule has 4 heteroatoms. The molecular weight excluding hydrogens is 228 g/mol. The fourth-order valence-electron chi connectivity index (χ4n) is 2.37. The minimum Gasteiger partial charge on any atom is -0.512 e. The first-order chi connectivity index (χ1) is 8.61. The van der Waals surface area contributed by atoms with Gasteiger partial charge in [-0.15, -0.1) is 0 Å². The van der Waals surface area contributed by atoms with Crippen LogP contribution in [0.25, 0.3) is 0 Å². The van der Waals surface area contributed by atoms with Gasteiger partial charge in [-0.1, -0.05) is 6.07 Å². The van der Waals surface area contributed by atoms with Crippen LogP contribution < -0.4 is 0 Å². The number of pyridine rings is 1. The molecule has 1 unspecified atom stereocenters. The summed E-state index contributed by atoms with van der Waals surface area (Å²) in [5.74, 6) is 0.249. The van der Waals surface area contributed by atoms with Gasteiger partial charge in [-0.3, -0.25) is 14.7 Å². The van der Waals surface area contributed by atoms with Crippen LogP contribution in [0.2, 0.25) is 0 Å². The molecule has 1 atom stereocenters. The number of carbonyl (C=O) groups excluding carboxylic acids is 1. The van der Waals surface area contributed by atoms with Crippen LogP contribution in [-0.2, 0) is 4.79 Å². The highest BCUT2D eigenvalue weighted by Gasteiger charge is 2.31. The second-order valence-electron chi connectivity index (χ2n) is 4.76. The van der Waals surface area contributed by atoms with E-state index in [1.165, 1.54) is 0 Å². The van der Waals surface area contributed by atoms with Gasteiger partial charge in [-0.05, 0) is 32.6 Å². The van der Waals surface area contributed by atoms with E-state index in [9.17, 15) is 9.90 Å². The van der Waals surface area contributed by atoms with Gasteiger partial charge >= 0.3 is 0 Å². The number of Topliss-reactive ketones (excluding diaryl/α,β-unsaturated/α-hetero) is 1. The van der Waals surface area contributed by atoms with E-state index in [1.54, 1.807) is 6.20 Å². The number of likely N-dealkylation sites (N-methyl/N-ethyl adjacent to an activating group) is 1. The number of hydrogen-bond acceptors (Lipinski definition) is 4. The van der Waals surface area contributed by atoms with Crippen LogP contribution in [0.4, 0.5) is 0 Å². The molecule has 0 aromatic carbocycles. The SMILES string of the molecule is CN(C)C(C1=C(O)CCCC1=O)c1ccccn1. The zero-order chi connectivity index (χ0) is 13.1. The number of aliphatic hydroxyl groups is 1. The maximum absolute atomic E-state index is 12.1. The molecule has 18 heavy (non-hydrogen) atoms. The summed E-state index contributed by atoms with van der Waals surface area (Å²) in [5.41, 5.74) is 1.30. The first kappa shape index (κ1) is 12.8. The van der Waals surface area contributed by atoms with Gasteiger partial charge in [0.05, 0.1) is 17.3 Å². The summed E-state index contributed by atoms with van der Waals surface area (Å²) in [4.78, 5) is 18.3. The predicted octanol–water partition coefficient (Wildman–Crippen LogP) is 2.25. The van der Waals surface area contributed by atoms with E-state index in [-0.39, 0.29) is 17.6 Å². The standard InChI is InChI=1S/C14H18N2O2/c1-16(2)14(10-6-3-4-9-15-10)13-11(17)7-5-8-12(13)18/h3-4,6,9,14,17H,5,7-8H2,1-2H3. The molecular formula is C14H18N2O2. The van der Waals surface area contributed by atoms with Gasteiger partial charge in [0.1, 0.15) is 5.76 Å². The van der Waals surface area contributed by atoms with Gasteiger partial charge in [0.15, 0.2) is 5.78 Å². The second-order valence-corrected chi connectivity index (χ2v) is 4.76. The largest absolute Gasteiger partial charge is 0.512 e. The van der Waals surface area contributed by atoms with E-state index in [0.717, 1.165) is 12.1 Å². The number of ketones is 1. The Morgan fingerprint density at radius 1 is 1.33 bits per heavy atom. The Labute approximate surface area is 107 Å². The summed E-state index contributed by atoms with van der Waals surface area (Å²) < 4.78 is 0. The third-order valence-corrected chi connectivity index (χ3v) is 3.19. The Balaban J connectivity index is 2.46. The number of aliphatic hydroxyl groups excluding tert-OH is 1. The minimum absolute atomic E-state index is 0.0307. The molecule has 1 N–H and O–H groups in total. The van der Waals surface area contributed by atoms with Crippen LogP contribution in [0.3, 0.4) is 0 Å². The Morgan fingerprint density at radius 3 is 2.67 bits per heavy atom. The van der Waals surface area contributed by atoms with Crippen LogP contribution in [0.15, 0.2) is 35.7 Å². The summed E-state index contributed by atoms with van der Waals surface area (Å²) >= 11 is 0. The van der Waals surface area contributed by atoms with E-state index in [0.29, 0.717) is 18.4 Å². The molecule has 0 amide bonds. The van der Waals surface area contributed by atoms with Crippen molar-refractivity contribution >= 4 is 5.78 Å². The number of allylic oxidation sites excluding steroid dienone is 1. The van der Waals surface area contributed by atoms with Crippen molar-refractivity contribution in [3.8, 4) is 0 Å². The molecule has 0 radical (unpaired) electrons. The number of hydrogen-bond donors (Lipinski definition) is 1. The summed E-state index contributed by atoms with van der Waals surface area (Å²) in [7, 11) is 3.78. The van der Waals surface area contributed by atoms with Gasteiger partial charge in [0.25, 0.3) is 0 Å². The summed E-state index contributed by atoms with van der Waals surface area (Å²) in [6.45, 7) is 0. The maximum atomic E-state index is 12.1. The Hall–Kier alpha value is -1.68. The number of aromatic nitrogens is 1. The third kappa shape index (κ3) is 2.43. The Bertz CT molecular complexity index is 466. The smallest absolute Gasteiger partial charge is 0.164 e. The summed E-state index contributed by atoms with van der Waals surface area (Å²) in [5, 5.41) is 10.0. The van der Waals surface area contributed by atoms with Gasteiger partial charge in [0.2, 0.25) is 0 Å². The first-order valence-electron chi connectivity index (χ1n) is 6.14. The topological polar surface area (TPSA) is 53.4 Å². The van der Waals surface area contributed by atoms with E-state index >= 15 is 0 Å². The molecule has 0 spiro atoms. The van der Waals surface area contributed by atoms with Crippen LogP contribution >= 0.6 is 0 Å². The van der Waals surface area contributed by atoms with Gasteiger partial charge in [0, 0.05) is 19.0 Å². The lowest BCUT2D eigenvalue weighted by Gasteiger charge is -2.28. The van der Waals surface area contributed by atoms with E-state index in [4.69, 9.17) is 0 Å². The van der Waals surface area contributed by atoms with Crippen molar-refractivity contribution in [1.82, 2.24) is 9.88 Å². The zero-order valence-corrected chi connectivity index (χ0v) is 10.8. The molecule has 1 aromatic heterocycles. The van der Waals surface area contributed by atoms with Crippen LogP contribution in [0, 0.1) is 0 Å². The Morgan fingerprint density at radius 2 is 2.11 bits per heavy atom. The third-order valence-electron chi connectivity index (χ3n) is 3.19. The normalized spacial score (nSPS) is 18.3. The Kier molecular flexibility index (Phi) is 3.77. The monoisotopic (exact) mass is 246 g/mol. The maximum Gasteiger partial charge on any atom is 0.164 e. The minimum atomic E-state index is -0.265. The molecule has 1 heterocycles. The number of rotatable bonds is 3. The molecule has 1 aliphatic carbocycles. The van der Waals surface area contributed by atoms with Crippen molar-refractivity contribution in [1.29, 1.82) is 0 Å². The highest BCUT2D eigenvalue weighted by atomic mass is 16.3. The van der Waals surface area contributed by atoms with Crippen molar-refractivity contribution in [2.75, 3.05) is 14.1 Å². The van der Waals surface area contributed by atoms with E-state index in [1.807, 2.05) is 37.2 Å². The second kappa shape index (κ2) is 5.31. The number of nitrogens with zero attached hydrogens (tertiary/aromatic N) is 2.